The summed E-state index contributed by atoms with van der Waals surface area (Å²) in [6.07, 6.45) is 3.82. The van der Waals surface area contributed by atoms with E-state index in [1.165, 1.54) is 24.8 Å². The van der Waals surface area contributed by atoms with E-state index in [1.54, 1.807) is 0 Å². The number of rotatable bonds is 4. The zero-order valence-corrected chi connectivity index (χ0v) is 11.9. The van der Waals surface area contributed by atoms with E-state index in [4.69, 9.17) is 0 Å². The Bertz CT molecular complexity index is 280. The third kappa shape index (κ3) is 7.92. The van der Waals surface area contributed by atoms with Gasteiger partial charge < -0.3 is 0 Å². The summed E-state index contributed by atoms with van der Waals surface area (Å²) in [4.78, 5) is 0. The van der Waals surface area contributed by atoms with Gasteiger partial charge in [0.2, 0.25) is 0 Å². The van der Waals surface area contributed by atoms with Crippen LogP contribution in [0, 0.1) is 0 Å². The maximum Gasteiger partial charge on any atom is 2.00 e. The van der Waals surface area contributed by atoms with Crippen molar-refractivity contribution < 1.29 is 17.1 Å². The normalized spacial score (nSPS) is 8.81. The van der Waals surface area contributed by atoms with Crippen molar-refractivity contribution in [2.24, 2.45) is 0 Å². The van der Waals surface area contributed by atoms with Gasteiger partial charge in [0.05, 0.1) is 0 Å². The number of aryl methyl sites for hydroxylation is 1. The van der Waals surface area contributed by atoms with Gasteiger partial charge in [-0.3, -0.25) is 0 Å². The zero-order valence-electron chi connectivity index (χ0n) is 9.26. The largest absolute Gasteiger partial charge is 2.00 e. The van der Waals surface area contributed by atoms with E-state index >= 15 is 0 Å². The van der Waals surface area contributed by atoms with E-state index in [2.05, 4.69) is 40.2 Å². The topological polar surface area (TPSA) is 0 Å². The molecule has 0 fully saturated rings. The Balaban J connectivity index is 0.000000318. The standard InChI is InChI=1S/C9H12Br.C5H5.Fe/c10-8-4-3-7-9-5-1-2-6-9;1-2-4-5-3-1;/h1-2,5-6H,3-4,7-8H2;1-5H;/q2*-1;+2. The first-order valence-electron chi connectivity index (χ1n) is 5.36. The van der Waals surface area contributed by atoms with Crippen LogP contribution in [0.15, 0.2) is 54.6 Å². The quantitative estimate of drug-likeness (QED) is 0.336. The van der Waals surface area contributed by atoms with Gasteiger partial charge in [-0.2, -0.15) is 35.9 Å². The average molecular weight is 321 g/mol. The predicted octanol–water partition coefficient (Wildman–Crippen LogP) is 4.53. The molecule has 0 nitrogen and oxygen atoms in total. The molecule has 0 aliphatic carbocycles. The Morgan fingerprint density at radius 2 is 1.75 bits per heavy atom. The number of hydrogen-bond donors (Lipinski definition) is 0. The van der Waals surface area contributed by atoms with Crippen molar-refractivity contribution in [1.82, 2.24) is 0 Å². The maximum atomic E-state index is 3.41. The monoisotopic (exact) mass is 320 g/mol. The fraction of sp³-hybridized carbons (Fsp3) is 0.286. The Kier molecular flexibility index (Phi) is 11.0. The molecule has 0 saturated heterocycles. The van der Waals surface area contributed by atoms with Crippen molar-refractivity contribution in [1.29, 1.82) is 0 Å². The summed E-state index contributed by atoms with van der Waals surface area (Å²) in [6, 6.07) is 18.6. The van der Waals surface area contributed by atoms with Crippen molar-refractivity contribution in [3.05, 3.63) is 60.2 Å². The molecule has 2 aromatic rings. The third-order valence-electron chi connectivity index (χ3n) is 2.14. The molecule has 0 spiro atoms. The van der Waals surface area contributed by atoms with Gasteiger partial charge >= 0.3 is 17.1 Å². The van der Waals surface area contributed by atoms with Gasteiger partial charge in [0.1, 0.15) is 0 Å². The van der Waals surface area contributed by atoms with Crippen LogP contribution in [-0.2, 0) is 23.5 Å². The van der Waals surface area contributed by atoms with Crippen LogP contribution in [0.5, 0.6) is 0 Å². The fourth-order valence-corrected chi connectivity index (χ4v) is 1.72. The SMILES string of the molecule is BrCCCCc1ccc[cH-]1.[Fe+2].c1cc[cH-]c1. The minimum atomic E-state index is 0. The van der Waals surface area contributed by atoms with E-state index in [9.17, 15) is 0 Å². The molecule has 0 unspecified atom stereocenters. The second-order valence-electron chi connectivity index (χ2n) is 3.40. The summed E-state index contributed by atoms with van der Waals surface area (Å²) in [7, 11) is 0. The van der Waals surface area contributed by atoms with E-state index in [0.29, 0.717) is 0 Å². The zero-order chi connectivity index (χ0) is 10.8. The van der Waals surface area contributed by atoms with Crippen LogP contribution in [0.4, 0.5) is 0 Å². The second kappa shape index (κ2) is 11.2. The number of halogens is 1. The molecule has 0 heterocycles. The van der Waals surface area contributed by atoms with Gasteiger partial charge in [-0.1, -0.05) is 28.8 Å². The van der Waals surface area contributed by atoms with Crippen molar-refractivity contribution in [2.75, 3.05) is 5.33 Å². The summed E-state index contributed by atoms with van der Waals surface area (Å²) in [5, 5.41) is 1.13. The molecule has 0 aromatic heterocycles. The smallest absolute Gasteiger partial charge is 0.214 e. The predicted molar refractivity (Wildman–Crippen MR) is 70.8 cm³/mol. The first-order valence-corrected chi connectivity index (χ1v) is 6.49. The average Bonchev–Trinajstić information content (AvgIpc) is 2.94. The molecule has 2 rings (SSSR count). The summed E-state index contributed by atoms with van der Waals surface area (Å²) in [6.45, 7) is 0. The molecule has 0 saturated carbocycles. The van der Waals surface area contributed by atoms with Crippen LogP contribution in [-0.4, -0.2) is 5.33 Å². The van der Waals surface area contributed by atoms with Crippen LogP contribution in [0.1, 0.15) is 18.4 Å². The summed E-state index contributed by atoms with van der Waals surface area (Å²) >= 11 is 3.41. The first kappa shape index (κ1) is 15.7. The Morgan fingerprint density at radius 1 is 1.00 bits per heavy atom. The van der Waals surface area contributed by atoms with Crippen LogP contribution in [0.25, 0.3) is 0 Å². The Hall–Kier alpha value is -0.301. The van der Waals surface area contributed by atoms with Crippen molar-refractivity contribution in [3.8, 4) is 0 Å². The van der Waals surface area contributed by atoms with E-state index < -0.39 is 0 Å². The van der Waals surface area contributed by atoms with E-state index in [1.807, 2.05) is 30.3 Å². The minimum absolute atomic E-state index is 0. The van der Waals surface area contributed by atoms with E-state index in [0.717, 1.165) is 5.33 Å². The van der Waals surface area contributed by atoms with Gasteiger partial charge in [-0.25, -0.2) is 24.3 Å². The van der Waals surface area contributed by atoms with Gasteiger partial charge in [0.15, 0.2) is 0 Å². The third-order valence-corrected chi connectivity index (χ3v) is 2.70. The number of alkyl halides is 1. The Labute approximate surface area is 117 Å². The van der Waals surface area contributed by atoms with Crippen molar-refractivity contribution in [2.45, 2.75) is 19.3 Å². The van der Waals surface area contributed by atoms with E-state index in [-0.39, 0.29) is 17.1 Å². The molecule has 0 aliphatic heterocycles. The fourth-order valence-electron chi connectivity index (χ4n) is 1.32. The molecular formula is C14H17BrFe. The molecule has 2 heteroatoms. The molecule has 88 valence electrons. The second-order valence-corrected chi connectivity index (χ2v) is 4.19. The summed E-state index contributed by atoms with van der Waals surface area (Å²) in [5.74, 6) is 0. The summed E-state index contributed by atoms with van der Waals surface area (Å²) < 4.78 is 0. The molecule has 0 aliphatic rings. The molecular weight excluding hydrogens is 304 g/mol. The van der Waals surface area contributed by atoms with Gasteiger partial charge in [0.25, 0.3) is 0 Å². The molecule has 2 aromatic carbocycles. The summed E-state index contributed by atoms with van der Waals surface area (Å²) in [5.41, 5.74) is 1.47. The molecule has 0 radical (unpaired) electrons. The maximum absolute atomic E-state index is 3.41. The van der Waals surface area contributed by atoms with Crippen LogP contribution in [0.3, 0.4) is 0 Å². The number of unbranched alkanes of at least 4 members (excludes halogenated alkanes) is 1. The van der Waals surface area contributed by atoms with Gasteiger partial charge in [-0.05, 0) is 6.42 Å². The molecule has 0 bridgehead atoms. The van der Waals surface area contributed by atoms with Crippen LogP contribution in [0.2, 0.25) is 0 Å². The van der Waals surface area contributed by atoms with Gasteiger partial charge in [0, 0.05) is 5.33 Å². The van der Waals surface area contributed by atoms with Crippen LogP contribution >= 0.6 is 15.9 Å². The van der Waals surface area contributed by atoms with Crippen molar-refractivity contribution in [3.63, 3.8) is 0 Å². The van der Waals surface area contributed by atoms with Crippen molar-refractivity contribution >= 4 is 15.9 Å². The van der Waals surface area contributed by atoms with Crippen LogP contribution < -0.4 is 0 Å². The first-order chi connectivity index (χ1) is 7.43. The van der Waals surface area contributed by atoms with Gasteiger partial charge in [-0.15, -0.1) is 0 Å². The minimum Gasteiger partial charge on any atom is -0.214 e. The molecule has 0 N–H and O–H groups in total. The number of hydrogen-bond acceptors (Lipinski definition) is 0. The molecule has 0 atom stereocenters. The Morgan fingerprint density at radius 3 is 2.19 bits per heavy atom. The molecule has 0 amide bonds. The molecule has 16 heavy (non-hydrogen) atoms.